The Hall–Kier alpha value is -0.0800. The van der Waals surface area contributed by atoms with Gasteiger partial charge in [0.15, 0.2) is 0 Å². The molecule has 0 heterocycles. The van der Waals surface area contributed by atoms with Crippen LogP contribution in [0, 0.1) is 0 Å². The number of unbranched alkanes of at least 4 members (excludes halogenated alkanes) is 1. The van der Waals surface area contributed by atoms with Gasteiger partial charge in [0.25, 0.3) is 0 Å². The average Bonchev–Trinajstić information content (AvgIpc) is 2.10. The fourth-order valence-electron chi connectivity index (χ4n) is 1.45. The monoisotopic (exact) mass is 173 g/mol. The molecule has 0 aliphatic rings. The lowest BCUT2D eigenvalue weighted by Crippen LogP contribution is -2.37. The maximum absolute atomic E-state index is 9.71. The number of likely N-dealkylation sites (N-methyl/N-ethyl adjacent to an activating group) is 1. The van der Waals surface area contributed by atoms with E-state index in [9.17, 15) is 5.11 Å². The summed E-state index contributed by atoms with van der Waals surface area (Å²) in [7, 11) is 1.93. The van der Waals surface area contributed by atoms with Crippen molar-refractivity contribution in [3.05, 3.63) is 0 Å². The molecule has 0 spiro atoms. The van der Waals surface area contributed by atoms with Gasteiger partial charge in [0.05, 0.1) is 6.10 Å². The second kappa shape index (κ2) is 7.56. The Labute approximate surface area is 76.4 Å². The zero-order chi connectivity index (χ0) is 9.40. The molecule has 0 aromatic carbocycles. The molecule has 0 radical (unpaired) electrons. The van der Waals surface area contributed by atoms with E-state index in [1.165, 1.54) is 6.42 Å². The predicted molar refractivity (Wildman–Crippen MR) is 53.3 cm³/mol. The minimum atomic E-state index is -0.158. The van der Waals surface area contributed by atoms with E-state index >= 15 is 0 Å². The Kier molecular flexibility index (Phi) is 7.51. The van der Waals surface area contributed by atoms with Gasteiger partial charge in [-0.1, -0.05) is 33.1 Å². The van der Waals surface area contributed by atoms with Crippen LogP contribution in [0.15, 0.2) is 0 Å². The highest BCUT2D eigenvalue weighted by molar-refractivity contribution is 4.73. The quantitative estimate of drug-likeness (QED) is 0.616. The van der Waals surface area contributed by atoms with Gasteiger partial charge in [0.1, 0.15) is 0 Å². The van der Waals surface area contributed by atoms with Crippen LogP contribution in [0.2, 0.25) is 0 Å². The minimum Gasteiger partial charge on any atom is -0.392 e. The summed E-state index contributed by atoms with van der Waals surface area (Å²) in [6, 6.07) is 0.293. The third-order valence-electron chi connectivity index (χ3n) is 2.29. The lowest BCUT2D eigenvalue weighted by atomic mass is 10.0. The molecule has 2 nitrogen and oxygen atoms in total. The fraction of sp³-hybridized carbons (Fsp3) is 1.00. The summed E-state index contributed by atoms with van der Waals surface area (Å²) in [5.74, 6) is 0. The van der Waals surface area contributed by atoms with Crippen molar-refractivity contribution < 1.29 is 5.11 Å². The first-order valence-corrected chi connectivity index (χ1v) is 5.11. The van der Waals surface area contributed by atoms with E-state index in [0.29, 0.717) is 6.04 Å². The predicted octanol–water partition coefficient (Wildman–Crippen LogP) is 1.93. The third kappa shape index (κ3) is 4.73. The first-order chi connectivity index (χ1) is 5.76. The summed E-state index contributed by atoms with van der Waals surface area (Å²) < 4.78 is 0. The lowest BCUT2D eigenvalue weighted by molar-refractivity contribution is 0.115. The zero-order valence-electron chi connectivity index (χ0n) is 8.64. The maximum atomic E-state index is 9.71. The maximum Gasteiger partial charge on any atom is 0.0693 e. The van der Waals surface area contributed by atoms with Crippen molar-refractivity contribution >= 4 is 0 Å². The number of hydrogen-bond acceptors (Lipinski definition) is 2. The molecule has 0 rings (SSSR count). The van der Waals surface area contributed by atoms with Crippen LogP contribution < -0.4 is 5.32 Å². The van der Waals surface area contributed by atoms with E-state index < -0.39 is 0 Å². The summed E-state index contributed by atoms with van der Waals surface area (Å²) >= 11 is 0. The van der Waals surface area contributed by atoms with Gasteiger partial charge < -0.3 is 10.4 Å². The van der Waals surface area contributed by atoms with Crippen LogP contribution in [0.4, 0.5) is 0 Å². The van der Waals surface area contributed by atoms with Crippen LogP contribution in [0.5, 0.6) is 0 Å². The number of rotatable bonds is 7. The molecule has 2 unspecified atom stereocenters. The van der Waals surface area contributed by atoms with Crippen LogP contribution in [0.1, 0.15) is 46.0 Å². The largest absolute Gasteiger partial charge is 0.392 e. The Bertz CT molecular complexity index is 95.8. The molecule has 2 atom stereocenters. The minimum absolute atomic E-state index is 0.158. The van der Waals surface area contributed by atoms with Crippen molar-refractivity contribution in [2.75, 3.05) is 7.05 Å². The van der Waals surface area contributed by atoms with Crippen LogP contribution >= 0.6 is 0 Å². The highest BCUT2D eigenvalue weighted by atomic mass is 16.3. The first-order valence-electron chi connectivity index (χ1n) is 5.11. The molecule has 2 N–H and O–H groups in total. The van der Waals surface area contributed by atoms with Crippen molar-refractivity contribution in [1.29, 1.82) is 0 Å². The number of hydrogen-bond donors (Lipinski definition) is 2. The van der Waals surface area contributed by atoms with E-state index in [-0.39, 0.29) is 6.10 Å². The number of aliphatic hydroxyl groups is 1. The van der Waals surface area contributed by atoms with Crippen LogP contribution in [0.25, 0.3) is 0 Å². The smallest absolute Gasteiger partial charge is 0.0693 e. The zero-order valence-corrected chi connectivity index (χ0v) is 8.64. The summed E-state index contributed by atoms with van der Waals surface area (Å²) in [5.41, 5.74) is 0. The molecule has 12 heavy (non-hydrogen) atoms. The van der Waals surface area contributed by atoms with Crippen molar-refractivity contribution in [1.82, 2.24) is 5.32 Å². The van der Waals surface area contributed by atoms with Gasteiger partial charge in [-0.2, -0.15) is 0 Å². The van der Waals surface area contributed by atoms with Gasteiger partial charge in [-0.3, -0.25) is 0 Å². The van der Waals surface area contributed by atoms with Gasteiger partial charge in [0.2, 0.25) is 0 Å². The van der Waals surface area contributed by atoms with E-state index in [0.717, 1.165) is 25.7 Å². The molecule has 0 aliphatic heterocycles. The Morgan fingerprint density at radius 3 is 2.25 bits per heavy atom. The Morgan fingerprint density at radius 2 is 1.83 bits per heavy atom. The molecule has 0 aliphatic carbocycles. The van der Waals surface area contributed by atoms with Crippen molar-refractivity contribution in [3.8, 4) is 0 Å². The summed E-state index contributed by atoms with van der Waals surface area (Å²) in [5, 5.41) is 12.9. The number of aliphatic hydroxyl groups excluding tert-OH is 1. The van der Waals surface area contributed by atoms with E-state index in [1.807, 2.05) is 7.05 Å². The van der Waals surface area contributed by atoms with Gasteiger partial charge in [-0.15, -0.1) is 0 Å². The van der Waals surface area contributed by atoms with Crippen LogP contribution in [0.3, 0.4) is 0 Å². The van der Waals surface area contributed by atoms with Gasteiger partial charge in [-0.05, 0) is 19.9 Å². The van der Waals surface area contributed by atoms with Crippen molar-refractivity contribution in [3.63, 3.8) is 0 Å². The summed E-state index contributed by atoms with van der Waals surface area (Å²) in [6.07, 6.45) is 5.27. The number of nitrogens with one attached hydrogen (secondary N) is 1. The molecule has 2 heteroatoms. The molecule has 74 valence electrons. The molecule has 0 saturated carbocycles. The van der Waals surface area contributed by atoms with Gasteiger partial charge >= 0.3 is 0 Å². The van der Waals surface area contributed by atoms with Gasteiger partial charge in [0, 0.05) is 6.04 Å². The third-order valence-corrected chi connectivity index (χ3v) is 2.29. The molecule has 0 fully saturated rings. The molecular formula is C10H23NO. The van der Waals surface area contributed by atoms with Crippen LogP contribution in [-0.2, 0) is 0 Å². The molecule has 0 aromatic heterocycles. The Balaban J connectivity index is 3.60. The molecule has 0 saturated heterocycles. The molecule has 0 bridgehead atoms. The SMILES string of the molecule is CCCCC(O)C(CCC)NC. The highest BCUT2D eigenvalue weighted by Crippen LogP contribution is 2.08. The Morgan fingerprint density at radius 1 is 1.17 bits per heavy atom. The average molecular weight is 173 g/mol. The molecule has 0 aromatic rings. The normalized spacial score (nSPS) is 16.0. The fourth-order valence-corrected chi connectivity index (χ4v) is 1.45. The van der Waals surface area contributed by atoms with Crippen molar-refractivity contribution in [2.45, 2.75) is 58.1 Å². The summed E-state index contributed by atoms with van der Waals surface area (Å²) in [6.45, 7) is 4.30. The van der Waals surface area contributed by atoms with E-state index in [1.54, 1.807) is 0 Å². The van der Waals surface area contributed by atoms with E-state index in [4.69, 9.17) is 0 Å². The second-order valence-electron chi connectivity index (χ2n) is 3.39. The van der Waals surface area contributed by atoms with Crippen molar-refractivity contribution in [2.24, 2.45) is 0 Å². The molecular weight excluding hydrogens is 150 g/mol. The van der Waals surface area contributed by atoms with Crippen LogP contribution in [-0.4, -0.2) is 24.3 Å². The van der Waals surface area contributed by atoms with Gasteiger partial charge in [-0.25, -0.2) is 0 Å². The lowest BCUT2D eigenvalue weighted by Gasteiger charge is -2.21. The first kappa shape index (κ1) is 11.9. The second-order valence-corrected chi connectivity index (χ2v) is 3.39. The highest BCUT2D eigenvalue weighted by Gasteiger charge is 2.14. The summed E-state index contributed by atoms with van der Waals surface area (Å²) in [4.78, 5) is 0. The standard InChI is InChI=1S/C10H23NO/c1-4-6-8-10(12)9(11-3)7-5-2/h9-12H,4-8H2,1-3H3. The molecule has 0 amide bonds. The topological polar surface area (TPSA) is 32.3 Å². The van der Waals surface area contributed by atoms with E-state index in [2.05, 4.69) is 19.2 Å².